The zero-order valence-corrected chi connectivity index (χ0v) is 17.8. The van der Waals surface area contributed by atoms with Gasteiger partial charge in [-0.3, -0.25) is 4.90 Å². The van der Waals surface area contributed by atoms with Crippen LogP contribution >= 0.6 is 23.2 Å². The molecule has 3 aromatic rings. The fourth-order valence-electron chi connectivity index (χ4n) is 4.62. The summed E-state index contributed by atoms with van der Waals surface area (Å²) in [6.07, 6.45) is 3.41. The molecule has 0 radical (unpaired) electrons. The molecule has 0 bridgehead atoms. The minimum atomic E-state index is 0.452. The van der Waals surface area contributed by atoms with E-state index >= 15 is 0 Å². The van der Waals surface area contributed by atoms with E-state index in [1.54, 1.807) is 6.07 Å². The predicted octanol–water partition coefficient (Wildman–Crippen LogP) is 5.53. The van der Waals surface area contributed by atoms with Crippen LogP contribution in [-0.2, 0) is 13.0 Å². The number of hydrogen-bond donors (Lipinski definition) is 1. The Morgan fingerprint density at radius 2 is 1.97 bits per heavy atom. The average Bonchev–Trinajstić information content (AvgIpc) is 3.32. The highest BCUT2D eigenvalue weighted by Gasteiger charge is 2.31. The summed E-state index contributed by atoms with van der Waals surface area (Å²) in [6, 6.07) is 16.3. The van der Waals surface area contributed by atoms with Gasteiger partial charge in [0.05, 0.1) is 16.4 Å². The number of benzene rings is 2. The Kier molecular flexibility index (Phi) is 5.25. The third kappa shape index (κ3) is 3.77. The largest absolute Gasteiger partial charge is 0.369 e. The van der Waals surface area contributed by atoms with Crippen molar-refractivity contribution < 1.29 is 0 Å². The van der Waals surface area contributed by atoms with Crippen molar-refractivity contribution in [2.24, 2.45) is 0 Å². The molecule has 2 aliphatic heterocycles. The third-order valence-electron chi connectivity index (χ3n) is 5.96. The van der Waals surface area contributed by atoms with Crippen LogP contribution in [0.1, 0.15) is 35.6 Å². The lowest BCUT2D eigenvalue weighted by atomic mass is 9.91. The Morgan fingerprint density at radius 3 is 2.79 bits per heavy atom. The summed E-state index contributed by atoms with van der Waals surface area (Å²) in [5, 5.41) is 9.83. The fourth-order valence-corrected chi connectivity index (χ4v) is 5.11. The monoisotopic (exact) mass is 426 g/mol. The van der Waals surface area contributed by atoms with Crippen LogP contribution < -0.4 is 5.32 Å². The number of nitrogens with zero attached hydrogens (tertiary/aromatic N) is 3. The molecule has 1 aromatic heterocycles. The molecule has 1 N–H and O–H groups in total. The van der Waals surface area contributed by atoms with Crippen molar-refractivity contribution in [2.75, 3.05) is 25.0 Å². The molecular formula is C23H24Cl2N4. The number of aromatic nitrogens is 2. The predicted molar refractivity (Wildman–Crippen MR) is 119 cm³/mol. The Labute approximate surface area is 181 Å². The molecular weight excluding hydrogens is 403 g/mol. The first-order chi connectivity index (χ1) is 14.2. The molecule has 2 aliphatic rings. The maximum Gasteiger partial charge on any atom is 0.133 e. The second-order valence-corrected chi connectivity index (χ2v) is 8.80. The third-order valence-corrected chi connectivity index (χ3v) is 6.50. The van der Waals surface area contributed by atoms with E-state index in [4.69, 9.17) is 28.3 Å². The van der Waals surface area contributed by atoms with Gasteiger partial charge in [-0.05, 0) is 49.6 Å². The van der Waals surface area contributed by atoms with Crippen molar-refractivity contribution in [1.82, 2.24) is 14.7 Å². The normalized spacial score (nSPS) is 19.2. The van der Waals surface area contributed by atoms with Crippen LogP contribution in [0.5, 0.6) is 0 Å². The van der Waals surface area contributed by atoms with Crippen LogP contribution in [0.15, 0.2) is 48.5 Å². The van der Waals surface area contributed by atoms with Gasteiger partial charge in [-0.15, -0.1) is 0 Å². The van der Waals surface area contributed by atoms with E-state index in [0.717, 1.165) is 44.1 Å². The van der Waals surface area contributed by atoms with Crippen molar-refractivity contribution in [3.05, 3.63) is 75.4 Å². The SMILES string of the molecule is Clc1ccc(-n2nc(C3CCCN(Cc4ccccc4)C3)c3c2NCC3)c(Cl)c1. The van der Waals surface area contributed by atoms with Crippen molar-refractivity contribution in [3.63, 3.8) is 0 Å². The molecule has 0 amide bonds. The second kappa shape index (κ2) is 8.02. The van der Waals surface area contributed by atoms with Gasteiger partial charge in [0.25, 0.3) is 0 Å². The summed E-state index contributed by atoms with van der Waals surface area (Å²) in [6.45, 7) is 4.15. The Morgan fingerprint density at radius 1 is 1.10 bits per heavy atom. The number of rotatable bonds is 4. The van der Waals surface area contributed by atoms with E-state index in [9.17, 15) is 0 Å². The summed E-state index contributed by atoms with van der Waals surface area (Å²) in [5.41, 5.74) is 4.83. The molecule has 0 aliphatic carbocycles. The van der Waals surface area contributed by atoms with E-state index in [1.165, 1.54) is 29.7 Å². The van der Waals surface area contributed by atoms with Gasteiger partial charge in [0.1, 0.15) is 5.82 Å². The number of likely N-dealkylation sites (tertiary alicyclic amines) is 1. The van der Waals surface area contributed by atoms with E-state index < -0.39 is 0 Å². The lowest BCUT2D eigenvalue weighted by molar-refractivity contribution is 0.198. The van der Waals surface area contributed by atoms with Gasteiger partial charge in [0.2, 0.25) is 0 Å². The molecule has 5 rings (SSSR count). The van der Waals surface area contributed by atoms with Crippen LogP contribution in [-0.4, -0.2) is 34.3 Å². The first kappa shape index (κ1) is 19.0. The highest BCUT2D eigenvalue weighted by atomic mass is 35.5. The molecule has 150 valence electrons. The van der Waals surface area contributed by atoms with E-state index in [0.29, 0.717) is 16.0 Å². The smallest absolute Gasteiger partial charge is 0.133 e. The lowest BCUT2D eigenvalue weighted by Gasteiger charge is -2.32. The van der Waals surface area contributed by atoms with Gasteiger partial charge in [-0.2, -0.15) is 5.10 Å². The quantitative estimate of drug-likeness (QED) is 0.595. The molecule has 1 saturated heterocycles. The number of fused-ring (bicyclic) bond motifs is 1. The second-order valence-electron chi connectivity index (χ2n) is 7.96. The van der Waals surface area contributed by atoms with Crippen molar-refractivity contribution in [3.8, 4) is 5.69 Å². The van der Waals surface area contributed by atoms with Crippen LogP contribution in [0.25, 0.3) is 5.69 Å². The molecule has 1 unspecified atom stereocenters. The van der Waals surface area contributed by atoms with E-state index in [2.05, 4.69) is 40.5 Å². The van der Waals surface area contributed by atoms with E-state index in [1.807, 2.05) is 16.8 Å². The van der Waals surface area contributed by atoms with Gasteiger partial charge in [0, 0.05) is 36.1 Å². The van der Waals surface area contributed by atoms with E-state index in [-0.39, 0.29) is 0 Å². The number of nitrogens with one attached hydrogen (secondary N) is 1. The topological polar surface area (TPSA) is 33.1 Å². The van der Waals surface area contributed by atoms with Crippen LogP contribution in [0.3, 0.4) is 0 Å². The summed E-state index contributed by atoms with van der Waals surface area (Å²) >= 11 is 12.6. The molecule has 4 nitrogen and oxygen atoms in total. The van der Waals surface area contributed by atoms with Gasteiger partial charge in [-0.1, -0.05) is 53.5 Å². The minimum absolute atomic E-state index is 0.452. The summed E-state index contributed by atoms with van der Waals surface area (Å²) < 4.78 is 1.98. The molecule has 1 atom stereocenters. The summed E-state index contributed by atoms with van der Waals surface area (Å²) in [4.78, 5) is 2.56. The summed E-state index contributed by atoms with van der Waals surface area (Å²) in [5.74, 6) is 1.54. The zero-order chi connectivity index (χ0) is 19.8. The molecule has 29 heavy (non-hydrogen) atoms. The molecule has 3 heterocycles. The van der Waals surface area contributed by atoms with Crippen LogP contribution in [0.4, 0.5) is 5.82 Å². The first-order valence-corrected chi connectivity index (χ1v) is 11.0. The maximum atomic E-state index is 6.49. The number of halogens is 2. The molecule has 6 heteroatoms. The Hall–Kier alpha value is -2.01. The molecule has 0 spiro atoms. The zero-order valence-electron chi connectivity index (χ0n) is 16.2. The maximum absolute atomic E-state index is 6.49. The van der Waals surface area contributed by atoms with Gasteiger partial charge in [-0.25, -0.2) is 4.68 Å². The van der Waals surface area contributed by atoms with Gasteiger partial charge >= 0.3 is 0 Å². The van der Waals surface area contributed by atoms with Crippen molar-refractivity contribution in [1.29, 1.82) is 0 Å². The number of piperidine rings is 1. The van der Waals surface area contributed by atoms with Crippen LogP contribution in [0, 0.1) is 0 Å². The average molecular weight is 427 g/mol. The van der Waals surface area contributed by atoms with Crippen LogP contribution in [0.2, 0.25) is 10.0 Å². The number of hydrogen-bond acceptors (Lipinski definition) is 3. The molecule has 0 saturated carbocycles. The highest BCUT2D eigenvalue weighted by molar-refractivity contribution is 6.35. The standard InChI is InChI=1S/C23H24Cl2N4/c24-18-8-9-21(20(25)13-18)29-23-19(10-11-26-23)22(27-29)17-7-4-12-28(15-17)14-16-5-2-1-3-6-16/h1-3,5-6,8-9,13,17,26H,4,7,10-12,14-15H2. The van der Waals surface area contributed by atoms with Crippen molar-refractivity contribution >= 4 is 29.0 Å². The van der Waals surface area contributed by atoms with Gasteiger partial charge in [0.15, 0.2) is 0 Å². The van der Waals surface area contributed by atoms with Gasteiger partial charge < -0.3 is 5.32 Å². The molecule has 1 fully saturated rings. The van der Waals surface area contributed by atoms with Crippen molar-refractivity contribution in [2.45, 2.75) is 31.7 Å². The Bertz CT molecular complexity index is 1020. The molecule has 2 aromatic carbocycles. The fraction of sp³-hybridized carbons (Fsp3) is 0.348. The number of anilines is 1. The minimum Gasteiger partial charge on any atom is -0.369 e. The first-order valence-electron chi connectivity index (χ1n) is 10.3. The highest BCUT2D eigenvalue weighted by Crippen LogP contribution is 2.38. The lowest BCUT2D eigenvalue weighted by Crippen LogP contribution is -2.34. The summed E-state index contributed by atoms with van der Waals surface area (Å²) in [7, 11) is 0. The Balaban J connectivity index is 1.44.